The molecule has 2 aromatic heterocycles. The number of hydrogen-bond donors (Lipinski definition) is 1. The summed E-state index contributed by atoms with van der Waals surface area (Å²) in [5.74, 6) is 0.527. The summed E-state index contributed by atoms with van der Waals surface area (Å²) in [4.78, 5) is 16.6. The van der Waals surface area contributed by atoms with Crippen LogP contribution in [-0.2, 0) is 17.6 Å². The minimum atomic E-state index is -0.0108. The molecule has 0 spiro atoms. The normalized spacial score (nSPS) is 11.3. The molecule has 0 saturated heterocycles. The fourth-order valence-corrected chi connectivity index (χ4v) is 4.32. The average Bonchev–Trinajstić information content (AvgIpc) is 3.12. The Hall–Kier alpha value is -1.86. The van der Waals surface area contributed by atoms with Crippen LogP contribution in [0.4, 0.5) is 5.13 Å². The fourth-order valence-electron chi connectivity index (χ4n) is 2.34. The molecule has 7 heteroatoms. The highest BCUT2D eigenvalue weighted by Gasteiger charge is 2.10. The zero-order chi connectivity index (χ0) is 16.9. The Morgan fingerprint density at radius 3 is 2.79 bits per heavy atom. The van der Waals surface area contributed by atoms with Crippen LogP contribution in [0.2, 0.25) is 0 Å². The van der Waals surface area contributed by atoms with Crippen LogP contribution in [0.25, 0.3) is 10.2 Å². The van der Waals surface area contributed by atoms with Gasteiger partial charge < -0.3 is 5.32 Å². The van der Waals surface area contributed by atoms with E-state index in [4.69, 9.17) is 0 Å². The summed E-state index contributed by atoms with van der Waals surface area (Å²) in [5.41, 5.74) is 1.04. The molecule has 126 valence electrons. The van der Waals surface area contributed by atoms with Crippen LogP contribution in [0.5, 0.6) is 0 Å². The Kier molecular flexibility index (Phi) is 5.52. The van der Waals surface area contributed by atoms with Gasteiger partial charge in [-0.05, 0) is 30.9 Å². The first-order valence-corrected chi connectivity index (χ1v) is 9.70. The van der Waals surface area contributed by atoms with Gasteiger partial charge in [0.05, 0.1) is 15.2 Å². The van der Waals surface area contributed by atoms with E-state index >= 15 is 0 Å². The van der Waals surface area contributed by atoms with Crippen molar-refractivity contribution < 1.29 is 4.79 Å². The monoisotopic (exact) mass is 360 g/mol. The van der Waals surface area contributed by atoms with Crippen LogP contribution in [-0.4, -0.2) is 21.1 Å². The summed E-state index contributed by atoms with van der Waals surface area (Å²) in [5, 5.41) is 13.6. The lowest BCUT2D eigenvalue weighted by Gasteiger charge is -2.00. The van der Waals surface area contributed by atoms with Gasteiger partial charge in [0.1, 0.15) is 5.01 Å². The van der Waals surface area contributed by atoms with E-state index < -0.39 is 0 Å². The molecular formula is C17H20N4OS2. The zero-order valence-corrected chi connectivity index (χ0v) is 15.4. The number of rotatable bonds is 7. The molecule has 0 bridgehead atoms. The van der Waals surface area contributed by atoms with Crippen LogP contribution < -0.4 is 5.32 Å². The lowest BCUT2D eigenvalue weighted by molar-refractivity contribution is -0.116. The first kappa shape index (κ1) is 17.0. The first-order chi connectivity index (χ1) is 11.6. The number of aromatic nitrogens is 3. The highest BCUT2D eigenvalue weighted by Crippen LogP contribution is 2.23. The molecule has 0 saturated carbocycles. The van der Waals surface area contributed by atoms with Crippen molar-refractivity contribution in [1.29, 1.82) is 0 Å². The lowest BCUT2D eigenvalue weighted by Crippen LogP contribution is -2.11. The number of aryl methyl sites for hydroxylation is 1. The molecule has 3 aromatic rings. The summed E-state index contributed by atoms with van der Waals surface area (Å²) < 4.78 is 1.20. The first-order valence-electron chi connectivity index (χ1n) is 8.07. The minimum Gasteiger partial charge on any atom is -0.301 e. The number of nitrogens with zero attached hydrogens (tertiary/aromatic N) is 3. The van der Waals surface area contributed by atoms with Gasteiger partial charge in [-0.1, -0.05) is 37.3 Å². The van der Waals surface area contributed by atoms with E-state index in [1.165, 1.54) is 16.0 Å². The van der Waals surface area contributed by atoms with Gasteiger partial charge in [-0.2, -0.15) is 0 Å². The summed E-state index contributed by atoms with van der Waals surface area (Å²) in [6.07, 6.45) is 2.96. The Morgan fingerprint density at radius 1 is 1.17 bits per heavy atom. The molecule has 1 amide bonds. The molecule has 24 heavy (non-hydrogen) atoms. The topological polar surface area (TPSA) is 67.8 Å². The summed E-state index contributed by atoms with van der Waals surface area (Å²) in [7, 11) is 0. The molecule has 0 atom stereocenters. The van der Waals surface area contributed by atoms with Crippen molar-refractivity contribution in [1.82, 2.24) is 15.2 Å². The summed E-state index contributed by atoms with van der Waals surface area (Å²) in [6.45, 7) is 4.28. The maximum atomic E-state index is 12.0. The predicted octanol–water partition coefficient (Wildman–Crippen LogP) is 4.31. The van der Waals surface area contributed by atoms with Crippen LogP contribution >= 0.6 is 22.7 Å². The standard InChI is InChI=1S/C17H20N4OS2/c1-11(2)10-16-20-21-17(24-16)19-14(22)8-5-9-15-18-12-6-3-4-7-13(12)23-15/h3-4,6-7,11H,5,8-10H2,1-2H3,(H,19,21,22). The van der Waals surface area contributed by atoms with Crippen molar-refractivity contribution >= 4 is 43.9 Å². The molecule has 5 nitrogen and oxygen atoms in total. The number of hydrogen-bond acceptors (Lipinski definition) is 6. The summed E-state index contributed by atoms with van der Waals surface area (Å²) in [6, 6.07) is 8.11. The van der Waals surface area contributed by atoms with Crippen molar-refractivity contribution in [3.8, 4) is 0 Å². The second-order valence-corrected chi connectivity index (χ2v) is 8.25. The van der Waals surface area contributed by atoms with Gasteiger partial charge in [0.15, 0.2) is 0 Å². The van der Waals surface area contributed by atoms with Crippen molar-refractivity contribution in [3.05, 3.63) is 34.3 Å². The van der Waals surface area contributed by atoms with E-state index in [0.717, 1.165) is 34.8 Å². The number of carbonyl (C=O) groups excluding carboxylic acids is 1. The largest absolute Gasteiger partial charge is 0.301 e. The van der Waals surface area contributed by atoms with E-state index in [9.17, 15) is 4.79 Å². The van der Waals surface area contributed by atoms with E-state index in [1.807, 2.05) is 18.2 Å². The Morgan fingerprint density at radius 2 is 2.00 bits per heavy atom. The number of fused-ring (bicyclic) bond motifs is 1. The zero-order valence-electron chi connectivity index (χ0n) is 13.8. The van der Waals surface area contributed by atoms with Crippen LogP contribution in [0.3, 0.4) is 0 Å². The Bertz CT molecular complexity index is 792. The molecular weight excluding hydrogens is 340 g/mol. The lowest BCUT2D eigenvalue weighted by atomic mass is 10.1. The van der Waals surface area contributed by atoms with Crippen molar-refractivity contribution in [3.63, 3.8) is 0 Å². The van der Waals surface area contributed by atoms with Crippen LogP contribution in [0, 0.1) is 5.92 Å². The van der Waals surface area contributed by atoms with Crippen LogP contribution in [0.15, 0.2) is 24.3 Å². The van der Waals surface area contributed by atoms with E-state index in [-0.39, 0.29) is 5.91 Å². The molecule has 0 aliphatic carbocycles. The number of benzene rings is 1. The van der Waals surface area contributed by atoms with E-state index in [2.05, 4.69) is 40.4 Å². The third-order valence-corrected chi connectivity index (χ3v) is 5.39. The predicted molar refractivity (Wildman–Crippen MR) is 99.6 cm³/mol. The van der Waals surface area contributed by atoms with Gasteiger partial charge in [0.25, 0.3) is 0 Å². The molecule has 0 radical (unpaired) electrons. The average molecular weight is 361 g/mol. The Labute approximate surface area is 149 Å². The second-order valence-electron chi connectivity index (χ2n) is 6.08. The smallest absolute Gasteiger partial charge is 0.226 e. The molecule has 0 aliphatic rings. The highest BCUT2D eigenvalue weighted by atomic mass is 32.1. The number of thiazole rings is 1. The minimum absolute atomic E-state index is 0.0108. The second kappa shape index (κ2) is 7.81. The van der Waals surface area contributed by atoms with Crippen molar-refractivity contribution in [2.45, 2.75) is 39.5 Å². The molecule has 0 unspecified atom stereocenters. The third kappa shape index (κ3) is 4.58. The molecule has 1 N–H and O–H groups in total. The van der Waals surface area contributed by atoms with Crippen molar-refractivity contribution in [2.24, 2.45) is 5.92 Å². The van der Waals surface area contributed by atoms with Gasteiger partial charge in [0.2, 0.25) is 11.0 Å². The number of carbonyl (C=O) groups is 1. The molecule has 0 fully saturated rings. The van der Waals surface area contributed by atoms with Gasteiger partial charge in [-0.15, -0.1) is 21.5 Å². The third-order valence-electron chi connectivity index (χ3n) is 3.43. The summed E-state index contributed by atoms with van der Waals surface area (Å²) >= 11 is 3.16. The van der Waals surface area contributed by atoms with Crippen LogP contribution in [0.1, 0.15) is 36.7 Å². The maximum absolute atomic E-state index is 12.0. The van der Waals surface area contributed by atoms with Gasteiger partial charge in [-0.3, -0.25) is 4.79 Å². The quantitative estimate of drug-likeness (QED) is 0.682. The van der Waals surface area contributed by atoms with Crippen molar-refractivity contribution in [2.75, 3.05) is 5.32 Å². The molecule has 1 aromatic carbocycles. The molecule has 0 aliphatic heterocycles. The highest BCUT2D eigenvalue weighted by molar-refractivity contribution is 7.18. The number of nitrogens with one attached hydrogen (secondary N) is 1. The van der Waals surface area contributed by atoms with Gasteiger partial charge in [-0.25, -0.2) is 4.98 Å². The SMILES string of the molecule is CC(C)Cc1nnc(NC(=O)CCCc2nc3ccccc3s2)s1. The van der Waals surface area contributed by atoms with Gasteiger partial charge >= 0.3 is 0 Å². The number of anilines is 1. The van der Waals surface area contributed by atoms with E-state index in [1.54, 1.807) is 11.3 Å². The molecule has 2 heterocycles. The Balaban J connectivity index is 1.46. The fraction of sp³-hybridized carbons (Fsp3) is 0.412. The van der Waals surface area contributed by atoms with Gasteiger partial charge in [0, 0.05) is 12.8 Å². The number of amides is 1. The van der Waals surface area contributed by atoms with E-state index in [0.29, 0.717) is 17.5 Å². The number of para-hydroxylation sites is 1. The molecule has 3 rings (SSSR count). The maximum Gasteiger partial charge on any atom is 0.226 e.